The van der Waals surface area contributed by atoms with Gasteiger partial charge >= 0.3 is 0 Å². The Morgan fingerprint density at radius 2 is 1.86 bits per heavy atom. The molecule has 1 unspecified atom stereocenters. The number of rotatable bonds is 7. The Morgan fingerprint density at radius 1 is 1.14 bits per heavy atom. The van der Waals surface area contributed by atoms with E-state index in [1.54, 1.807) is 12.4 Å². The molecule has 3 nitrogen and oxygen atoms in total. The summed E-state index contributed by atoms with van der Waals surface area (Å²) >= 11 is 5.42. The van der Waals surface area contributed by atoms with Gasteiger partial charge in [0.1, 0.15) is 5.82 Å². The van der Waals surface area contributed by atoms with Crippen LogP contribution < -0.4 is 5.73 Å². The Bertz CT molecular complexity index is 527. The predicted molar refractivity (Wildman–Crippen MR) is 95.1 cm³/mol. The van der Waals surface area contributed by atoms with Crippen LogP contribution in [-0.4, -0.2) is 21.8 Å². The summed E-state index contributed by atoms with van der Waals surface area (Å²) in [6, 6.07) is 10.3. The molecule has 0 saturated heterocycles. The number of nitrogens with two attached hydrogens (primary N) is 1. The van der Waals surface area contributed by atoms with Crippen molar-refractivity contribution in [3.05, 3.63) is 53.0 Å². The normalized spacial score (nSPS) is 11.7. The largest absolute Gasteiger partial charge is 0.327 e. The van der Waals surface area contributed by atoms with Crippen LogP contribution in [-0.2, 0) is 6.42 Å². The van der Waals surface area contributed by atoms with Crippen molar-refractivity contribution in [2.24, 2.45) is 5.73 Å². The third-order valence-corrected chi connectivity index (χ3v) is 4.99. The zero-order valence-electron chi connectivity index (χ0n) is 11.6. The molecule has 0 aliphatic heterocycles. The molecule has 0 fully saturated rings. The summed E-state index contributed by atoms with van der Waals surface area (Å²) in [7, 11) is 0. The standard InChI is InChI=1S/C15H18BrN3S.ClH/c16-13-6-1-2-7-14(13)20-10-3-5-12(17)11-15-18-8-4-9-19-15;/h1-2,4,6-9,12H,3,5,10-11,17H2;1H. The molecule has 1 heterocycles. The highest BCUT2D eigenvalue weighted by Crippen LogP contribution is 2.27. The lowest BCUT2D eigenvalue weighted by atomic mass is 10.1. The van der Waals surface area contributed by atoms with Crippen LogP contribution in [0.15, 0.2) is 52.1 Å². The third-order valence-electron chi connectivity index (χ3n) is 2.88. The van der Waals surface area contributed by atoms with Crippen LogP contribution in [0.5, 0.6) is 0 Å². The van der Waals surface area contributed by atoms with Gasteiger partial charge in [0.05, 0.1) is 0 Å². The number of aromatic nitrogens is 2. The van der Waals surface area contributed by atoms with E-state index in [-0.39, 0.29) is 18.4 Å². The minimum absolute atomic E-state index is 0. The molecule has 0 bridgehead atoms. The van der Waals surface area contributed by atoms with Gasteiger partial charge in [-0.2, -0.15) is 0 Å². The first-order chi connectivity index (χ1) is 9.75. The lowest BCUT2D eigenvalue weighted by molar-refractivity contribution is 0.587. The van der Waals surface area contributed by atoms with Gasteiger partial charge in [-0.15, -0.1) is 24.2 Å². The fraction of sp³-hybridized carbons (Fsp3) is 0.333. The minimum atomic E-state index is 0. The Labute approximate surface area is 144 Å². The molecule has 0 amide bonds. The molecular formula is C15H19BrClN3S. The van der Waals surface area contributed by atoms with E-state index in [2.05, 4.69) is 44.1 Å². The number of benzene rings is 1. The molecule has 1 atom stereocenters. The van der Waals surface area contributed by atoms with Gasteiger partial charge in [0.2, 0.25) is 0 Å². The van der Waals surface area contributed by atoms with E-state index < -0.39 is 0 Å². The van der Waals surface area contributed by atoms with Gasteiger partial charge < -0.3 is 5.73 Å². The Balaban J connectivity index is 0.00000220. The zero-order chi connectivity index (χ0) is 14.2. The second-order valence-electron chi connectivity index (χ2n) is 4.55. The van der Waals surface area contributed by atoms with Gasteiger partial charge in [0.15, 0.2) is 0 Å². The average molecular weight is 389 g/mol. The van der Waals surface area contributed by atoms with E-state index in [0.29, 0.717) is 0 Å². The molecule has 2 N–H and O–H groups in total. The summed E-state index contributed by atoms with van der Waals surface area (Å²) in [4.78, 5) is 9.69. The highest BCUT2D eigenvalue weighted by atomic mass is 79.9. The van der Waals surface area contributed by atoms with Crippen molar-refractivity contribution in [1.29, 1.82) is 0 Å². The SMILES string of the molecule is Cl.NC(CCCSc1ccccc1Br)Cc1ncccn1. The van der Waals surface area contributed by atoms with Crippen molar-refractivity contribution in [3.8, 4) is 0 Å². The third kappa shape index (κ3) is 6.78. The number of nitrogens with zero attached hydrogens (tertiary/aromatic N) is 2. The van der Waals surface area contributed by atoms with E-state index in [1.807, 2.05) is 23.9 Å². The molecule has 1 aromatic carbocycles. The van der Waals surface area contributed by atoms with Gasteiger partial charge in [-0.05, 0) is 52.7 Å². The van der Waals surface area contributed by atoms with Gasteiger partial charge in [0, 0.05) is 34.2 Å². The fourth-order valence-electron chi connectivity index (χ4n) is 1.86. The van der Waals surface area contributed by atoms with Crippen LogP contribution in [0.25, 0.3) is 0 Å². The van der Waals surface area contributed by atoms with Gasteiger partial charge in [-0.3, -0.25) is 0 Å². The van der Waals surface area contributed by atoms with E-state index >= 15 is 0 Å². The Morgan fingerprint density at radius 3 is 2.57 bits per heavy atom. The fourth-order valence-corrected chi connectivity index (χ4v) is 3.40. The second-order valence-corrected chi connectivity index (χ2v) is 6.54. The van der Waals surface area contributed by atoms with Crippen LogP contribution >= 0.6 is 40.1 Å². The van der Waals surface area contributed by atoms with Crippen LogP contribution in [0.1, 0.15) is 18.7 Å². The summed E-state index contributed by atoms with van der Waals surface area (Å²) in [6.45, 7) is 0. The minimum Gasteiger partial charge on any atom is -0.327 e. The molecule has 0 spiro atoms. The summed E-state index contributed by atoms with van der Waals surface area (Å²) in [5, 5.41) is 0. The number of thioether (sulfide) groups is 1. The molecule has 0 radical (unpaired) electrons. The van der Waals surface area contributed by atoms with Gasteiger partial charge in [-0.25, -0.2) is 9.97 Å². The molecule has 0 aliphatic rings. The molecular weight excluding hydrogens is 370 g/mol. The quantitative estimate of drug-likeness (QED) is 0.573. The van der Waals surface area contributed by atoms with Crippen LogP contribution in [0.2, 0.25) is 0 Å². The smallest absolute Gasteiger partial charge is 0.129 e. The van der Waals surface area contributed by atoms with Crippen LogP contribution in [0.4, 0.5) is 0 Å². The molecule has 6 heteroatoms. The highest BCUT2D eigenvalue weighted by Gasteiger charge is 2.06. The molecule has 21 heavy (non-hydrogen) atoms. The highest BCUT2D eigenvalue weighted by molar-refractivity contribution is 9.10. The molecule has 2 rings (SSSR count). The van der Waals surface area contributed by atoms with Crippen molar-refractivity contribution < 1.29 is 0 Å². The molecule has 0 aliphatic carbocycles. The van der Waals surface area contributed by atoms with E-state index in [9.17, 15) is 0 Å². The van der Waals surface area contributed by atoms with Gasteiger partial charge in [0.25, 0.3) is 0 Å². The maximum atomic E-state index is 6.12. The summed E-state index contributed by atoms with van der Waals surface area (Å²) in [6.07, 6.45) is 6.37. The first-order valence-electron chi connectivity index (χ1n) is 6.64. The summed E-state index contributed by atoms with van der Waals surface area (Å²) < 4.78 is 1.16. The first kappa shape index (κ1) is 18.4. The van der Waals surface area contributed by atoms with E-state index in [1.165, 1.54) is 4.90 Å². The van der Waals surface area contributed by atoms with Crippen molar-refractivity contribution in [2.75, 3.05) is 5.75 Å². The number of hydrogen-bond donors (Lipinski definition) is 1. The van der Waals surface area contributed by atoms with E-state index in [4.69, 9.17) is 5.73 Å². The van der Waals surface area contributed by atoms with Crippen LogP contribution in [0, 0.1) is 0 Å². The summed E-state index contributed by atoms with van der Waals surface area (Å²) in [5.41, 5.74) is 6.12. The Hall–Kier alpha value is -0.620. The van der Waals surface area contributed by atoms with Gasteiger partial charge in [-0.1, -0.05) is 12.1 Å². The molecule has 1 aromatic heterocycles. The average Bonchev–Trinajstić information content (AvgIpc) is 2.46. The summed E-state index contributed by atoms with van der Waals surface area (Å²) in [5.74, 6) is 1.91. The van der Waals surface area contributed by atoms with Crippen molar-refractivity contribution in [3.63, 3.8) is 0 Å². The topological polar surface area (TPSA) is 51.8 Å². The number of hydrogen-bond acceptors (Lipinski definition) is 4. The molecule has 0 saturated carbocycles. The second kappa shape index (κ2) is 10.2. The maximum Gasteiger partial charge on any atom is 0.129 e. The zero-order valence-corrected chi connectivity index (χ0v) is 14.8. The first-order valence-corrected chi connectivity index (χ1v) is 8.42. The van der Waals surface area contributed by atoms with Crippen molar-refractivity contribution >= 4 is 40.1 Å². The van der Waals surface area contributed by atoms with Crippen molar-refractivity contribution in [2.45, 2.75) is 30.2 Å². The monoisotopic (exact) mass is 387 g/mol. The number of halogens is 2. The Kier molecular flexibility index (Phi) is 8.92. The molecule has 114 valence electrons. The lowest BCUT2D eigenvalue weighted by Crippen LogP contribution is -2.23. The van der Waals surface area contributed by atoms with E-state index in [0.717, 1.165) is 35.3 Å². The van der Waals surface area contributed by atoms with Crippen LogP contribution in [0.3, 0.4) is 0 Å². The maximum absolute atomic E-state index is 6.12. The van der Waals surface area contributed by atoms with Crippen molar-refractivity contribution in [1.82, 2.24) is 9.97 Å². The predicted octanol–water partition coefficient (Wildman–Crippen LogP) is 4.10. The lowest BCUT2D eigenvalue weighted by Gasteiger charge is -2.10. The molecule has 2 aromatic rings.